The Balaban J connectivity index is 1.64. The fraction of sp³-hybridized carbons (Fsp3) is 0.533. The molecule has 0 bridgehead atoms. The van der Waals surface area contributed by atoms with Gasteiger partial charge < -0.3 is 14.8 Å². The Morgan fingerprint density at radius 3 is 2.80 bits per heavy atom. The molecule has 0 saturated heterocycles. The fourth-order valence-electron chi connectivity index (χ4n) is 2.02. The van der Waals surface area contributed by atoms with Crippen LogP contribution >= 0.6 is 11.8 Å². The number of thioether (sulfide) groups is 1. The highest BCUT2D eigenvalue weighted by atomic mass is 32.2. The van der Waals surface area contributed by atoms with E-state index < -0.39 is 0 Å². The molecule has 0 unspecified atom stereocenters. The van der Waals surface area contributed by atoms with Crippen molar-refractivity contribution in [2.45, 2.75) is 42.4 Å². The summed E-state index contributed by atoms with van der Waals surface area (Å²) in [6, 6.07) is 6.29. The minimum Gasteiger partial charge on any atom is -0.490 e. The summed E-state index contributed by atoms with van der Waals surface area (Å²) in [5.41, 5.74) is 0. The Labute approximate surface area is 123 Å². The normalized spacial score (nSPS) is 19.1. The molecular weight excluding hydrogens is 274 g/mol. The van der Waals surface area contributed by atoms with Gasteiger partial charge >= 0.3 is 0 Å². The van der Waals surface area contributed by atoms with Crippen molar-refractivity contribution in [2.75, 3.05) is 13.2 Å². The molecule has 2 aliphatic rings. The highest BCUT2D eigenvalue weighted by molar-refractivity contribution is 8.00. The molecule has 4 nitrogen and oxygen atoms in total. The summed E-state index contributed by atoms with van der Waals surface area (Å²) in [6.45, 7) is 3.31. The van der Waals surface area contributed by atoms with Crippen LogP contribution in [0.3, 0.4) is 0 Å². The number of benzene rings is 1. The third-order valence-electron chi connectivity index (χ3n) is 3.32. The zero-order chi connectivity index (χ0) is 13.9. The van der Waals surface area contributed by atoms with E-state index in [1.165, 1.54) is 0 Å². The van der Waals surface area contributed by atoms with Gasteiger partial charge in [-0.1, -0.05) is 0 Å². The maximum atomic E-state index is 12.0. The van der Waals surface area contributed by atoms with E-state index in [4.69, 9.17) is 9.47 Å². The lowest BCUT2D eigenvalue weighted by atomic mass is 10.3. The Kier molecular flexibility index (Phi) is 4.05. The first-order valence-electron chi connectivity index (χ1n) is 7.09. The third kappa shape index (κ3) is 3.39. The molecule has 1 atom stereocenters. The summed E-state index contributed by atoms with van der Waals surface area (Å²) in [5.74, 6) is 1.69. The molecule has 20 heavy (non-hydrogen) atoms. The SMILES string of the molecule is C[C@H](Sc1ccc2c(c1)OCCCO2)C(=O)NC1CC1. The largest absolute Gasteiger partial charge is 0.490 e. The Morgan fingerprint density at radius 1 is 1.30 bits per heavy atom. The maximum absolute atomic E-state index is 12.0. The van der Waals surface area contributed by atoms with Gasteiger partial charge in [0.05, 0.1) is 18.5 Å². The number of carbonyl (C=O) groups excluding carboxylic acids is 1. The fourth-order valence-corrected chi connectivity index (χ4v) is 2.93. The molecule has 3 rings (SSSR count). The van der Waals surface area contributed by atoms with E-state index in [0.29, 0.717) is 19.3 Å². The second-order valence-electron chi connectivity index (χ2n) is 5.20. The molecule has 1 aliphatic carbocycles. The van der Waals surface area contributed by atoms with E-state index in [1.807, 2.05) is 25.1 Å². The van der Waals surface area contributed by atoms with Crippen molar-refractivity contribution in [3.8, 4) is 11.5 Å². The van der Waals surface area contributed by atoms with Crippen LogP contribution in [0, 0.1) is 0 Å². The summed E-state index contributed by atoms with van der Waals surface area (Å²) < 4.78 is 11.3. The van der Waals surface area contributed by atoms with E-state index in [1.54, 1.807) is 11.8 Å². The van der Waals surface area contributed by atoms with Gasteiger partial charge in [0.2, 0.25) is 5.91 Å². The third-order valence-corrected chi connectivity index (χ3v) is 4.42. The Morgan fingerprint density at radius 2 is 2.05 bits per heavy atom. The van der Waals surface area contributed by atoms with Crippen LogP contribution in [-0.4, -0.2) is 30.4 Å². The van der Waals surface area contributed by atoms with Crippen LogP contribution in [0.25, 0.3) is 0 Å². The molecule has 1 aliphatic heterocycles. The molecule has 108 valence electrons. The predicted octanol–water partition coefficient (Wildman–Crippen LogP) is 2.61. The number of ether oxygens (including phenoxy) is 2. The zero-order valence-corrected chi connectivity index (χ0v) is 12.4. The first kappa shape index (κ1) is 13.6. The van der Waals surface area contributed by atoms with Crippen molar-refractivity contribution in [3.63, 3.8) is 0 Å². The van der Waals surface area contributed by atoms with Gasteiger partial charge in [-0.15, -0.1) is 11.8 Å². The molecule has 0 spiro atoms. The van der Waals surface area contributed by atoms with E-state index in [2.05, 4.69) is 5.32 Å². The van der Waals surface area contributed by atoms with Crippen molar-refractivity contribution in [1.29, 1.82) is 0 Å². The second kappa shape index (κ2) is 5.95. The van der Waals surface area contributed by atoms with Gasteiger partial charge in [0.1, 0.15) is 0 Å². The summed E-state index contributed by atoms with van der Waals surface area (Å²) in [5, 5.41) is 2.93. The number of carbonyl (C=O) groups is 1. The van der Waals surface area contributed by atoms with Crippen molar-refractivity contribution < 1.29 is 14.3 Å². The molecule has 1 saturated carbocycles. The molecule has 0 aromatic heterocycles. The van der Waals surface area contributed by atoms with Crippen molar-refractivity contribution in [2.24, 2.45) is 0 Å². The quantitative estimate of drug-likeness (QED) is 0.867. The second-order valence-corrected chi connectivity index (χ2v) is 6.62. The smallest absolute Gasteiger partial charge is 0.233 e. The summed E-state index contributed by atoms with van der Waals surface area (Å²) in [7, 11) is 0. The van der Waals surface area contributed by atoms with Crippen LogP contribution in [0.2, 0.25) is 0 Å². The monoisotopic (exact) mass is 293 g/mol. The standard InChI is InChI=1S/C15H19NO3S/c1-10(15(17)16-11-3-4-11)20-12-5-6-13-14(9-12)19-8-2-7-18-13/h5-6,9-11H,2-4,7-8H2,1H3,(H,16,17)/t10-/m0/s1. The van der Waals surface area contributed by atoms with E-state index in [0.717, 1.165) is 35.7 Å². The molecule has 1 amide bonds. The lowest BCUT2D eigenvalue weighted by Gasteiger charge is -2.13. The van der Waals surface area contributed by atoms with Gasteiger partial charge in [0.15, 0.2) is 11.5 Å². The van der Waals surface area contributed by atoms with Crippen LogP contribution < -0.4 is 14.8 Å². The molecule has 1 N–H and O–H groups in total. The van der Waals surface area contributed by atoms with Crippen LogP contribution in [0.4, 0.5) is 0 Å². The molecule has 1 fully saturated rings. The van der Waals surface area contributed by atoms with Crippen LogP contribution in [0.1, 0.15) is 26.2 Å². The zero-order valence-electron chi connectivity index (χ0n) is 11.6. The Hall–Kier alpha value is -1.36. The van der Waals surface area contributed by atoms with E-state index in [-0.39, 0.29) is 11.2 Å². The van der Waals surface area contributed by atoms with Gasteiger partial charge in [0.25, 0.3) is 0 Å². The lowest BCUT2D eigenvalue weighted by molar-refractivity contribution is -0.120. The average Bonchev–Trinajstić information content (AvgIpc) is 3.24. The van der Waals surface area contributed by atoms with Crippen LogP contribution in [0.15, 0.2) is 23.1 Å². The first-order chi connectivity index (χ1) is 9.72. The topological polar surface area (TPSA) is 47.6 Å². The summed E-state index contributed by atoms with van der Waals surface area (Å²) in [4.78, 5) is 13.0. The van der Waals surface area contributed by atoms with Gasteiger partial charge in [-0.3, -0.25) is 4.79 Å². The molecule has 5 heteroatoms. The number of hydrogen-bond acceptors (Lipinski definition) is 4. The summed E-state index contributed by atoms with van der Waals surface area (Å²) >= 11 is 1.55. The van der Waals surface area contributed by atoms with Crippen LogP contribution in [0.5, 0.6) is 11.5 Å². The van der Waals surface area contributed by atoms with Gasteiger partial charge in [-0.25, -0.2) is 0 Å². The predicted molar refractivity (Wildman–Crippen MR) is 78.5 cm³/mol. The lowest BCUT2D eigenvalue weighted by Crippen LogP contribution is -2.32. The number of rotatable bonds is 4. The average molecular weight is 293 g/mol. The van der Waals surface area contributed by atoms with Crippen LogP contribution in [-0.2, 0) is 4.79 Å². The minimum absolute atomic E-state index is 0.0969. The van der Waals surface area contributed by atoms with Gasteiger partial charge in [-0.2, -0.15) is 0 Å². The van der Waals surface area contributed by atoms with Crippen molar-refractivity contribution in [3.05, 3.63) is 18.2 Å². The number of fused-ring (bicyclic) bond motifs is 1. The van der Waals surface area contributed by atoms with Gasteiger partial charge in [-0.05, 0) is 38.0 Å². The number of amides is 1. The maximum Gasteiger partial charge on any atom is 0.233 e. The molecule has 1 aromatic rings. The van der Waals surface area contributed by atoms with E-state index >= 15 is 0 Å². The van der Waals surface area contributed by atoms with Gasteiger partial charge in [0, 0.05) is 17.4 Å². The highest BCUT2D eigenvalue weighted by Gasteiger charge is 2.26. The first-order valence-corrected chi connectivity index (χ1v) is 7.97. The molecule has 0 radical (unpaired) electrons. The minimum atomic E-state index is -0.0969. The Bertz CT molecular complexity index is 502. The number of nitrogens with one attached hydrogen (secondary N) is 1. The highest BCUT2D eigenvalue weighted by Crippen LogP contribution is 2.35. The molecular formula is C15H19NO3S. The van der Waals surface area contributed by atoms with Crippen molar-refractivity contribution in [1.82, 2.24) is 5.32 Å². The number of hydrogen-bond donors (Lipinski definition) is 1. The van der Waals surface area contributed by atoms with E-state index in [9.17, 15) is 4.79 Å². The summed E-state index contributed by atoms with van der Waals surface area (Å²) in [6.07, 6.45) is 3.14. The molecule has 1 aromatic carbocycles. The van der Waals surface area contributed by atoms with Crippen molar-refractivity contribution >= 4 is 17.7 Å². The molecule has 1 heterocycles.